The number of aryl methyl sites for hydroxylation is 1. The highest BCUT2D eigenvalue weighted by Crippen LogP contribution is 2.31. The summed E-state index contributed by atoms with van der Waals surface area (Å²) in [5.74, 6) is 0. The summed E-state index contributed by atoms with van der Waals surface area (Å²) in [6.07, 6.45) is 0. The van der Waals surface area contributed by atoms with Crippen LogP contribution in [-0.2, 0) is 10.0 Å². The summed E-state index contributed by atoms with van der Waals surface area (Å²) in [7, 11) is -3.82. The van der Waals surface area contributed by atoms with E-state index in [0.717, 1.165) is 20.7 Å². The monoisotopic (exact) mass is 281 g/mol. The van der Waals surface area contributed by atoms with Gasteiger partial charge >= 0.3 is 0 Å². The van der Waals surface area contributed by atoms with Crippen molar-refractivity contribution in [2.45, 2.75) is 11.1 Å². The summed E-state index contributed by atoms with van der Waals surface area (Å²) >= 11 is 4.20. The number of rotatable bonds is 2. The smallest absolute Gasteiger partial charge is 0.215 e. The van der Waals surface area contributed by atoms with Gasteiger partial charge in [-0.25, -0.2) is 8.42 Å². The molecule has 5 nitrogen and oxygen atoms in total. The predicted molar refractivity (Wildman–Crippen MR) is 53.1 cm³/mol. The molecule has 0 unspecified atom stereocenters. The zero-order valence-electron chi connectivity index (χ0n) is 6.43. The Kier molecular flexibility index (Phi) is 2.97. The summed E-state index contributed by atoms with van der Waals surface area (Å²) in [5, 5.41) is 0. The van der Waals surface area contributed by atoms with E-state index in [1.807, 2.05) is 0 Å². The molecule has 0 bridgehead atoms. The van der Waals surface area contributed by atoms with Crippen LogP contribution in [-0.4, -0.2) is 8.42 Å². The maximum Gasteiger partial charge on any atom is 0.273 e. The van der Waals surface area contributed by atoms with Crippen LogP contribution in [0.4, 0.5) is 0 Å². The summed E-state index contributed by atoms with van der Waals surface area (Å²) in [4.78, 5) is 2.25. The van der Waals surface area contributed by atoms with Crippen LogP contribution in [0.15, 0.2) is 18.6 Å². The molecule has 70 valence electrons. The van der Waals surface area contributed by atoms with E-state index in [0.29, 0.717) is 0 Å². The van der Waals surface area contributed by atoms with Gasteiger partial charge in [0.15, 0.2) is 0 Å². The normalized spacial score (nSPS) is 10.9. The Morgan fingerprint density at radius 2 is 2.31 bits per heavy atom. The van der Waals surface area contributed by atoms with Crippen molar-refractivity contribution in [1.82, 2.24) is 0 Å². The molecule has 1 heterocycles. The fourth-order valence-electron chi connectivity index (χ4n) is 0.647. The van der Waals surface area contributed by atoms with Gasteiger partial charge in [0.1, 0.15) is 4.21 Å². The number of hydrogen-bond donors (Lipinski definition) is 0. The molecule has 0 amide bonds. The van der Waals surface area contributed by atoms with Gasteiger partial charge in [-0.05, 0) is 40.0 Å². The molecular formula is C5H4BrN3O2S2. The maximum atomic E-state index is 11.2. The number of halogens is 1. The Morgan fingerprint density at radius 1 is 1.69 bits per heavy atom. The van der Waals surface area contributed by atoms with Crippen molar-refractivity contribution in [3.05, 3.63) is 25.9 Å². The van der Waals surface area contributed by atoms with E-state index in [1.165, 1.54) is 6.07 Å². The topological polar surface area (TPSA) is 82.9 Å². The van der Waals surface area contributed by atoms with Gasteiger partial charge in [-0.1, -0.05) is 0 Å². The maximum absolute atomic E-state index is 11.2. The van der Waals surface area contributed by atoms with Crippen LogP contribution >= 0.6 is 27.3 Å². The highest BCUT2D eigenvalue weighted by Gasteiger charge is 2.16. The van der Waals surface area contributed by atoms with Crippen LogP contribution in [0.1, 0.15) is 5.56 Å². The third kappa shape index (κ3) is 2.22. The van der Waals surface area contributed by atoms with Crippen LogP contribution in [0.2, 0.25) is 0 Å². The van der Waals surface area contributed by atoms with Gasteiger partial charge in [0, 0.05) is 9.43 Å². The van der Waals surface area contributed by atoms with E-state index < -0.39 is 10.0 Å². The molecule has 0 aliphatic carbocycles. The molecule has 8 heteroatoms. The van der Waals surface area contributed by atoms with E-state index >= 15 is 0 Å². The van der Waals surface area contributed by atoms with Gasteiger partial charge in [-0.2, -0.15) is 0 Å². The van der Waals surface area contributed by atoms with E-state index in [1.54, 1.807) is 6.92 Å². The van der Waals surface area contributed by atoms with Gasteiger partial charge in [-0.3, -0.25) is 0 Å². The molecule has 0 aromatic carbocycles. The van der Waals surface area contributed by atoms with Crippen molar-refractivity contribution in [3.63, 3.8) is 0 Å². The first-order valence-corrected chi connectivity index (χ1v) is 6.09. The number of azide groups is 1. The van der Waals surface area contributed by atoms with Gasteiger partial charge in [-0.15, -0.1) is 11.3 Å². The molecule has 0 N–H and O–H groups in total. The Balaban J connectivity index is 3.31. The Labute approximate surface area is 87.2 Å². The number of sulfonamides is 1. The average Bonchev–Trinajstić information content (AvgIpc) is 2.33. The minimum absolute atomic E-state index is 0.0506. The minimum Gasteiger partial charge on any atom is -0.215 e. The molecule has 1 rings (SSSR count). The molecule has 0 saturated heterocycles. The minimum atomic E-state index is -3.82. The largest absolute Gasteiger partial charge is 0.273 e. The van der Waals surface area contributed by atoms with E-state index in [9.17, 15) is 8.42 Å². The molecule has 13 heavy (non-hydrogen) atoms. The van der Waals surface area contributed by atoms with Crippen LogP contribution in [0.25, 0.3) is 10.4 Å². The van der Waals surface area contributed by atoms with E-state index in [-0.39, 0.29) is 4.21 Å². The zero-order valence-corrected chi connectivity index (χ0v) is 9.65. The molecule has 0 radical (unpaired) electrons. The average molecular weight is 282 g/mol. The Morgan fingerprint density at radius 3 is 2.69 bits per heavy atom. The second kappa shape index (κ2) is 3.67. The first kappa shape index (κ1) is 10.5. The molecule has 0 atom stereocenters. The fourth-order valence-corrected chi connectivity index (χ4v) is 3.51. The van der Waals surface area contributed by atoms with E-state index in [4.69, 9.17) is 5.53 Å². The molecule has 0 aliphatic rings. The molecule has 1 aromatic heterocycles. The van der Waals surface area contributed by atoms with Crippen LogP contribution in [0, 0.1) is 6.92 Å². The molecule has 0 spiro atoms. The third-order valence-electron chi connectivity index (χ3n) is 1.23. The lowest BCUT2D eigenvalue weighted by Gasteiger charge is -1.87. The van der Waals surface area contributed by atoms with Crippen molar-refractivity contribution in [2.24, 2.45) is 4.52 Å². The first-order chi connectivity index (χ1) is 5.97. The lowest BCUT2D eigenvalue weighted by atomic mass is 10.4. The SMILES string of the molecule is Cc1cc(S(=O)(=O)N=[N+]=[N-])sc1Br. The number of nitrogens with zero attached hydrogens (tertiary/aromatic N) is 3. The summed E-state index contributed by atoms with van der Waals surface area (Å²) < 4.78 is 25.8. The lowest BCUT2D eigenvalue weighted by Crippen LogP contribution is -1.90. The number of thiophene rings is 1. The van der Waals surface area contributed by atoms with E-state index in [2.05, 4.69) is 25.4 Å². The summed E-state index contributed by atoms with van der Waals surface area (Å²) in [5.41, 5.74) is 8.81. The highest BCUT2D eigenvalue weighted by molar-refractivity contribution is 9.11. The number of hydrogen-bond acceptors (Lipinski definition) is 3. The lowest BCUT2D eigenvalue weighted by molar-refractivity contribution is 0.599. The van der Waals surface area contributed by atoms with Crippen molar-refractivity contribution in [1.29, 1.82) is 0 Å². The molecule has 1 aromatic rings. The Hall–Kier alpha value is -0.560. The predicted octanol–water partition coefficient (Wildman–Crippen LogP) is 2.82. The standard InChI is InChI=1S/C5H4BrN3O2S2/c1-3-2-4(12-5(3)6)13(10,11)9-8-7/h2H,1H3. The van der Waals surface area contributed by atoms with Crippen molar-refractivity contribution < 1.29 is 8.42 Å². The first-order valence-electron chi connectivity index (χ1n) is 3.04. The second-order valence-corrected chi connectivity index (χ2v) is 6.35. The zero-order chi connectivity index (χ0) is 10.1. The van der Waals surface area contributed by atoms with Gasteiger partial charge in [0.25, 0.3) is 10.0 Å². The van der Waals surface area contributed by atoms with Crippen molar-refractivity contribution >= 4 is 37.3 Å². The third-order valence-corrected chi connectivity index (χ3v) is 4.96. The molecule has 0 fully saturated rings. The summed E-state index contributed by atoms with van der Waals surface area (Å²) in [6.45, 7) is 1.76. The van der Waals surface area contributed by atoms with Crippen molar-refractivity contribution in [2.75, 3.05) is 0 Å². The van der Waals surface area contributed by atoms with Crippen LogP contribution in [0.3, 0.4) is 0 Å². The second-order valence-electron chi connectivity index (χ2n) is 2.17. The highest BCUT2D eigenvalue weighted by atomic mass is 79.9. The quantitative estimate of drug-likeness (QED) is 0.474. The summed E-state index contributed by atoms with van der Waals surface area (Å²) in [6, 6.07) is 1.46. The molecule has 0 saturated carbocycles. The fraction of sp³-hybridized carbons (Fsp3) is 0.200. The van der Waals surface area contributed by atoms with Gasteiger partial charge in [0.2, 0.25) is 0 Å². The van der Waals surface area contributed by atoms with Crippen molar-refractivity contribution in [3.8, 4) is 0 Å². The molecular weight excluding hydrogens is 278 g/mol. The van der Waals surface area contributed by atoms with Crippen LogP contribution in [0.5, 0.6) is 0 Å². The molecule has 0 aliphatic heterocycles. The van der Waals surface area contributed by atoms with Crippen LogP contribution < -0.4 is 0 Å². The van der Waals surface area contributed by atoms with Gasteiger partial charge < -0.3 is 0 Å². The van der Waals surface area contributed by atoms with Gasteiger partial charge in [0.05, 0.1) is 3.79 Å². The Bertz CT molecular complexity index is 452.